The summed E-state index contributed by atoms with van der Waals surface area (Å²) in [5.74, 6) is -0.437. The highest BCUT2D eigenvalue weighted by Crippen LogP contribution is 2.31. The number of hydrogen-bond acceptors (Lipinski definition) is 4. The molecule has 19 heavy (non-hydrogen) atoms. The second-order valence-corrected chi connectivity index (χ2v) is 4.73. The molecule has 0 amide bonds. The molecule has 2 rings (SSSR count). The van der Waals surface area contributed by atoms with Gasteiger partial charge in [0.1, 0.15) is 11.5 Å². The van der Waals surface area contributed by atoms with Crippen molar-refractivity contribution >= 4 is 11.4 Å². The molecule has 1 unspecified atom stereocenters. The van der Waals surface area contributed by atoms with E-state index in [0.29, 0.717) is 12.2 Å². The summed E-state index contributed by atoms with van der Waals surface area (Å²) < 4.78 is 13.4. The number of benzene rings is 1. The normalized spacial score (nSPS) is 18.5. The van der Waals surface area contributed by atoms with Gasteiger partial charge in [0.2, 0.25) is 0 Å². The van der Waals surface area contributed by atoms with Crippen molar-refractivity contribution in [3.8, 4) is 0 Å². The smallest absolute Gasteiger partial charge is 0.292 e. The number of nitrogens with zero attached hydrogens (tertiary/aromatic N) is 2. The Hall–Kier alpha value is -1.69. The van der Waals surface area contributed by atoms with E-state index in [1.165, 1.54) is 12.1 Å². The van der Waals surface area contributed by atoms with Crippen LogP contribution in [0.2, 0.25) is 0 Å². The van der Waals surface area contributed by atoms with Crippen molar-refractivity contribution in [3.05, 3.63) is 34.1 Å². The van der Waals surface area contributed by atoms with Crippen molar-refractivity contribution in [3.63, 3.8) is 0 Å². The molecule has 0 radical (unpaired) electrons. The van der Waals surface area contributed by atoms with Crippen LogP contribution in [0.1, 0.15) is 19.8 Å². The number of nitro groups is 1. The third kappa shape index (κ3) is 3.01. The largest absolute Gasteiger partial charge is 0.362 e. The van der Waals surface area contributed by atoms with Crippen LogP contribution in [0.5, 0.6) is 0 Å². The van der Waals surface area contributed by atoms with Gasteiger partial charge in [0, 0.05) is 31.3 Å². The Kier molecular flexibility index (Phi) is 4.31. The predicted octanol–water partition coefficient (Wildman–Crippen LogP) is 2.31. The van der Waals surface area contributed by atoms with Crippen LogP contribution in [0.4, 0.5) is 15.8 Å². The van der Waals surface area contributed by atoms with E-state index in [1.807, 2.05) is 11.8 Å². The number of hydrogen-bond donors (Lipinski definition) is 1. The van der Waals surface area contributed by atoms with Crippen LogP contribution in [0, 0.1) is 15.9 Å². The maximum Gasteiger partial charge on any atom is 0.292 e. The Balaban J connectivity index is 2.39. The predicted molar refractivity (Wildman–Crippen MR) is 72.0 cm³/mol. The fourth-order valence-electron chi connectivity index (χ4n) is 2.53. The molecule has 0 aliphatic carbocycles. The van der Waals surface area contributed by atoms with Gasteiger partial charge in [-0.3, -0.25) is 10.1 Å². The molecule has 1 N–H and O–H groups in total. The van der Waals surface area contributed by atoms with Gasteiger partial charge in [0.05, 0.1) is 4.92 Å². The average Bonchev–Trinajstić information content (AvgIpc) is 2.89. The molecule has 1 fully saturated rings. The topological polar surface area (TPSA) is 58.4 Å². The van der Waals surface area contributed by atoms with E-state index in [2.05, 4.69) is 5.32 Å². The van der Waals surface area contributed by atoms with Crippen LogP contribution in [-0.2, 0) is 0 Å². The Morgan fingerprint density at radius 1 is 1.58 bits per heavy atom. The Morgan fingerprint density at radius 2 is 2.37 bits per heavy atom. The molecule has 6 heteroatoms. The Bertz CT molecular complexity index is 461. The van der Waals surface area contributed by atoms with Crippen LogP contribution in [0.15, 0.2) is 18.2 Å². The Morgan fingerprint density at radius 3 is 2.95 bits per heavy atom. The zero-order chi connectivity index (χ0) is 13.8. The number of nitro benzene ring substituents is 1. The molecule has 1 atom stereocenters. The lowest BCUT2D eigenvalue weighted by Gasteiger charge is -2.30. The van der Waals surface area contributed by atoms with Crippen LogP contribution in [-0.4, -0.2) is 30.6 Å². The number of halogens is 1. The fourth-order valence-corrected chi connectivity index (χ4v) is 2.53. The summed E-state index contributed by atoms with van der Waals surface area (Å²) in [6.07, 6.45) is 1.79. The first-order valence-corrected chi connectivity index (χ1v) is 6.54. The first kappa shape index (κ1) is 13.7. The molecule has 0 bridgehead atoms. The number of rotatable bonds is 5. The van der Waals surface area contributed by atoms with Gasteiger partial charge in [-0.05, 0) is 25.5 Å². The average molecular weight is 267 g/mol. The summed E-state index contributed by atoms with van der Waals surface area (Å²) in [5, 5.41) is 14.3. The number of anilines is 1. The molecule has 1 aromatic rings. The minimum Gasteiger partial charge on any atom is -0.362 e. The van der Waals surface area contributed by atoms with Gasteiger partial charge < -0.3 is 10.2 Å². The summed E-state index contributed by atoms with van der Waals surface area (Å²) >= 11 is 0. The second kappa shape index (κ2) is 5.97. The third-order valence-electron chi connectivity index (χ3n) is 3.38. The quantitative estimate of drug-likeness (QED) is 0.657. The van der Waals surface area contributed by atoms with Gasteiger partial charge in [-0.2, -0.15) is 0 Å². The van der Waals surface area contributed by atoms with E-state index in [4.69, 9.17) is 0 Å². The first-order chi connectivity index (χ1) is 9.13. The molecular formula is C13H18FN3O2. The van der Waals surface area contributed by atoms with E-state index in [1.54, 1.807) is 0 Å². The monoisotopic (exact) mass is 267 g/mol. The van der Waals surface area contributed by atoms with Crippen LogP contribution in [0.25, 0.3) is 0 Å². The lowest BCUT2D eigenvalue weighted by atomic mass is 10.1. The van der Waals surface area contributed by atoms with E-state index in [0.717, 1.165) is 32.0 Å². The van der Waals surface area contributed by atoms with Crippen LogP contribution < -0.4 is 10.2 Å². The van der Waals surface area contributed by atoms with Crippen molar-refractivity contribution in [2.75, 3.05) is 24.5 Å². The zero-order valence-electron chi connectivity index (χ0n) is 10.9. The van der Waals surface area contributed by atoms with E-state index >= 15 is 0 Å². The molecule has 1 aliphatic heterocycles. The highest BCUT2D eigenvalue weighted by Gasteiger charge is 2.27. The van der Waals surface area contributed by atoms with Gasteiger partial charge in [0.25, 0.3) is 5.69 Å². The zero-order valence-corrected chi connectivity index (χ0v) is 10.9. The lowest BCUT2D eigenvalue weighted by Crippen LogP contribution is -2.38. The summed E-state index contributed by atoms with van der Waals surface area (Å²) in [6, 6.07) is 3.85. The number of nitrogens with one attached hydrogen (secondary N) is 1. The maximum absolute atomic E-state index is 13.4. The third-order valence-corrected chi connectivity index (χ3v) is 3.38. The second-order valence-electron chi connectivity index (χ2n) is 4.73. The van der Waals surface area contributed by atoms with Crippen LogP contribution in [0.3, 0.4) is 0 Å². The van der Waals surface area contributed by atoms with E-state index < -0.39 is 10.7 Å². The van der Waals surface area contributed by atoms with E-state index in [-0.39, 0.29) is 11.7 Å². The fraction of sp³-hybridized carbons (Fsp3) is 0.538. The SMILES string of the molecule is CCCN(c1cc(F)ccc1[N+](=O)[O-])C1CCNC1. The van der Waals surface area contributed by atoms with Crippen molar-refractivity contribution in [1.29, 1.82) is 0 Å². The molecule has 0 aromatic heterocycles. The molecule has 1 aromatic carbocycles. The Labute approximate surface area is 111 Å². The summed E-state index contributed by atoms with van der Waals surface area (Å²) in [5.41, 5.74) is 0.363. The molecule has 104 valence electrons. The summed E-state index contributed by atoms with van der Waals surface area (Å²) in [6.45, 7) is 4.39. The first-order valence-electron chi connectivity index (χ1n) is 6.54. The lowest BCUT2D eigenvalue weighted by molar-refractivity contribution is -0.384. The maximum atomic E-state index is 13.4. The van der Waals surface area contributed by atoms with Crippen molar-refractivity contribution in [2.45, 2.75) is 25.8 Å². The van der Waals surface area contributed by atoms with Gasteiger partial charge >= 0.3 is 0 Å². The van der Waals surface area contributed by atoms with E-state index in [9.17, 15) is 14.5 Å². The molecule has 1 aliphatic rings. The van der Waals surface area contributed by atoms with Gasteiger partial charge in [0.15, 0.2) is 0 Å². The molecule has 0 spiro atoms. The standard InChI is InChI=1S/C13H18FN3O2/c1-2-7-16(11-5-6-15-9-11)13-8-10(14)3-4-12(13)17(18)19/h3-4,8,11,15H,2,5-7,9H2,1H3. The van der Waals surface area contributed by atoms with Crippen LogP contribution >= 0.6 is 0 Å². The highest BCUT2D eigenvalue weighted by atomic mass is 19.1. The molecular weight excluding hydrogens is 249 g/mol. The minimum absolute atomic E-state index is 0.0262. The molecule has 0 saturated carbocycles. The minimum atomic E-state index is -0.445. The van der Waals surface area contributed by atoms with Gasteiger partial charge in [-0.25, -0.2) is 4.39 Å². The summed E-state index contributed by atoms with van der Waals surface area (Å²) in [7, 11) is 0. The molecule has 5 nitrogen and oxygen atoms in total. The molecule has 1 heterocycles. The molecule has 1 saturated heterocycles. The van der Waals surface area contributed by atoms with Crippen molar-refractivity contribution < 1.29 is 9.31 Å². The summed E-state index contributed by atoms with van der Waals surface area (Å²) in [4.78, 5) is 12.6. The highest BCUT2D eigenvalue weighted by molar-refractivity contribution is 5.64. The van der Waals surface area contributed by atoms with Gasteiger partial charge in [-0.15, -0.1) is 0 Å². The van der Waals surface area contributed by atoms with Crippen molar-refractivity contribution in [1.82, 2.24) is 5.32 Å². The van der Waals surface area contributed by atoms with Gasteiger partial charge in [-0.1, -0.05) is 6.92 Å². The van der Waals surface area contributed by atoms with Crippen molar-refractivity contribution in [2.24, 2.45) is 0 Å².